The molecule has 1 aliphatic rings. The summed E-state index contributed by atoms with van der Waals surface area (Å²) in [6.07, 6.45) is 0.219. The van der Waals surface area contributed by atoms with Crippen LogP contribution in [-0.2, 0) is 11.2 Å². The number of rotatable bonds is 4. The summed E-state index contributed by atoms with van der Waals surface area (Å²) in [6, 6.07) is 13.5. The number of halogens is 1. The molecule has 5 heteroatoms. The van der Waals surface area contributed by atoms with Crippen molar-refractivity contribution in [2.45, 2.75) is 6.42 Å². The van der Waals surface area contributed by atoms with E-state index in [1.807, 2.05) is 24.3 Å². The number of hydrogen-bond donors (Lipinski definition) is 2. The number of amides is 1. The van der Waals surface area contributed by atoms with Crippen LogP contribution in [0.3, 0.4) is 0 Å². The molecule has 1 heterocycles. The van der Waals surface area contributed by atoms with Crippen LogP contribution in [0.1, 0.15) is 11.1 Å². The highest BCUT2D eigenvalue weighted by Gasteiger charge is 2.08. The molecule has 0 fully saturated rings. The van der Waals surface area contributed by atoms with E-state index < -0.39 is 0 Å². The molecule has 0 unspecified atom stereocenters. The van der Waals surface area contributed by atoms with Gasteiger partial charge in [-0.1, -0.05) is 12.1 Å². The fraction of sp³-hybridized carbons (Fsp3) is 0.176. The van der Waals surface area contributed by atoms with E-state index in [2.05, 4.69) is 15.6 Å². The molecule has 0 bridgehead atoms. The van der Waals surface area contributed by atoms with Crippen LogP contribution in [0.25, 0.3) is 0 Å². The minimum atomic E-state index is -0.303. The topological polar surface area (TPSA) is 53.5 Å². The standard InChI is InChI=1S/C17H16FN3O/c18-14-5-1-12(2-6-14)11-16(22)21-15-7-3-13(4-8-15)17-19-9-10-20-17/h1-8H,9-11H2,(H,19,20)(H,21,22). The van der Waals surface area contributed by atoms with Crippen LogP contribution >= 0.6 is 0 Å². The summed E-state index contributed by atoms with van der Waals surface area (Å²) < 4.78 is 12.8. The Labute approximate surface area is 128 Å². The lowest BCUT2D eigenvalue weighted by molar-refractivity contribution is -0.115. The molecule has 1 amide bonds. The van der Waals surface area contributed by atoms with Crippen molar-refractivity contribution in [1.82, 2.24) is 5.32 Å². The third kappa shape index (κ3) is 3.49. The van der Waals surface area contributed by atoms with Gasteiger partial charge in [0, 0.05) is 17.8 Å². The van der Waals surface area contributed by atoms with Crippen molar-refractivity contribution < 1.29 is 9.18 Å². The van der Waals surface area contributed by atoms with Crippen LogP contribution in [-0.4, -0.2) is 24.8 Å². The van der Waals surface area contributed by atoms with Gasteiger partial charge < -0.3 is 10.6 Å². The normalized spacial score (nSPS) is 13.4. The van der Waals surface area contributed by atoms with E-state index in [0.717, 1.165) is 35.7 Å². The fourth-order valence-electron chi connectivity index (χ4n) is 2.30. The summed E-state index contributed by atoms with van der Waals surface area (Å²) in [6.45, 7) is 1.66. The third-order valence-electron chi connectivity index (χ3n) is 3.39. The zero-order chi connectivity index (χ0) is 15.4. The van der Waals surface area contributed by atoms with Crippen molar-refractivity contribution in [2.24, 2.45) is 4.99 Å². The van der Waals surface area contributed by atoms with E-state index in [1.165, 1.54) is 12.1 Å². The van der Waals surface area contributed by atoms with Gasteiger partial charge in [-0.05, 0) is 42.0 Å². The van der Waals surface area contributed by atoms with Crippen molar-refractivity contribution in [3.05, 3.63) is 65.5 Å². The smallest absolute Gasteiger partial charge is 0.228 e. The average Bonchev–Trinajstić information content (AvgIpc) is 3.05. The zero-order valence-corrected chi connectivity index (χ0v) is 12.0. The molecule has 0 spiro atoms. The number of anilines is 1. The Morgan fingerprint density at radius 3 is 2.50 bits per heavy atom. The maximum Gasteiger partial charge on any atom is 0.228 e. The van der Waals surface area contributed by atoms with Gasteiger partial charge >= 0.3 is 0 Å². The Morgan fingerprint density at radius 2 is 1.86 bits per heavy atom. The van der Waals surface area contributed by atoms with E-state index >= 15 is 0 Å². The molecule has 22 heavy (non-hydrogen) atoms. The van der Waals surface area contributed by atoms with E-state index in [1.54, 1.807) is 12.1 Å². The predicted octanol–water partition coefficient (Wildman–Crippen LogP) is 2.36. The minimum Gasteiger partial charge on any atom is -0.368 e. The molecule has 2 aromatic rings. The fourth-order valence-corrected chi connectivity index (χ4v) is 2.30. The van der Waals surface area contributed by atoms with E-state index in [9.17, 15) is 9.18 Å². The molecule has 0 aliphatic carbocycles. The summed E-state index contributed by atoms with van der Waals surface area (Å²) in [5, 5.41) is 6.03. The highest BCUT2D eigenvalue weighted by atomic mass is 19.1. The van der Waals surface area contributed by atoms with Crippen LogP contribution < -0.4 is 10.6 Å². The van der Waals surface area contributed by atoms with Gasteiger partial charge in [0.05, 0.1) is 13.0 Å². The van der Waals surface area contributed by atoms with Gasteiger partial charge in [-0.2, -0.15) is 0 Å². The molecule has 1 aliphatic heterocycles. The number of carbonyl (C=O) groups is 1. The maximum absolute atomic E-state index is 12.8. The number of benzene rings is 2. The summed E-state index contributed by atoms with van der Waals surface area (Å²) in [5.74, 6) is 0.461. The molecule has 0 radical (unpaired) electrons. The third-order valence-corrected chi connectivity index (χ3v) is 3.39. The van der Waals surface area contributed by atoms with Crippen LogP contribution in [0.5, 0.6) is 0 Å². The first kappa shape index (κ1) is 14.3. The van der Waals surface area contributed by atoms with Crippen LogP contribution in [0, 0.1) is 5.82 Å². The van der Waals surface area contributed by atoms with Crippen molar-refractivity contribution in [3.8, 4) is 0 Å². The van der Waals surface area contributed by atoms with Gasteiger partial charge in [0.25, 0.3) is 0 Å². The predicted molar refractivity (Wildman–Crippen MR) is 84.6 cm³/mol. The lowest BCUT2D eigenvalue weighted by atomic mass is 10.1. The summed E-state index contributed by atoms with van der Waals surface area (Å²) in [5.41, 5.74) is 2.52. The first-order chi connectivity index (χ1) is 10.7. The van der Waals surface area contributed by atoms with E-state index in [0.29, 0.717) is 0 Å². The second kappa shape index (κ2) is 6.39. The van der Waals surface area contributed by atoms with Gasteiger partial charge in [-0.3, -0.25) is 9.79 Å². The van der Waals surface area contributed by atoms with Gasteiger partial charge in [-0.25, -0.2) is 4.39 Å². The Kier molecular flexibility index (Phi) is 4.14. The Morgan fingerprint density at radius 1 is 1.14 bits per heavy atom. The number of nitrogens with zero attached hydrogens (tertiary/aromatic N) is 1. The average molecular weight is 297 g/mol. The van der Waals surface area contributed by atoms with Gasteiger partial charge in [0.2, 0.25) is 5.91 Å². The van der Waals surface area contributed by atoms with Gasteiger partial charge in [0.1, 0.15) is 11.7 Å². The number of aliphatic imine (C=N–C) groups is 1. The molecule has 2 N–H and O–H groups in total. The molecular weight excluding hydrogens is 281 g/mol. The SMILES string of the molecule is O=C(Cc1ccc(F)cc1)Nc1ccc(C2=NCCN2)cc1. The molecule has 3 rings (SSSR count). The van der Waals surface area contributed by atoms with E-state index in [4.69, 9.17) is 0 Å². The highest BCUT2D eigenvalue weighted by Crippen LogP contribution is 2.12. The largest absolute Gasteiger partial charge is 0.368 e. The molecule has 112 valence electrons. The summed E-state index contributed by atoms with van der Waals surface area (Å²) in [7, 11) is 0. The van der Waals surface area contributed by atoms with Crippen LogP contribution in [0.15, 0.2) is 53.5 Å². The molecule has 2 aromatic carbocycles. The Balaban J connectivity index is 1.60. The molecule has 4 nitrogen and oxygen atoms in total. The first-order valence-electron chi connectivity index (χ1n) is 7.14. The van der Waals surface area contributed by atoms with E-state index in [-0.39, 0.29) is 18.1 Å². The lowest BCUT2D eigenvalue weighted by Crippen LogP contribution is -2.19. The maximum atomic E-state index is 12.8. The number of carbonyl (C=O) groups excluding carboxylic acids is 1. The number of amidine groups is 1. The second-order valence-corrected chi connectivity index (χ2v) is 5.09. The molecular formula is C17H16FN3O. The van der Waals surface area contributed by atoms with Crippen LogP contribution in [0.4, 0.5) is 10.1 Å². The zero-order valence-electron chi connectivity index (χ0n) is 12.0. The Bertz CT molecular complexity index is 693. The Hall–Kier alpha value is -2.69. The van der Waals surface area contributed by atoms with Crippen LogP contribution in [0.2, 0.25) is 0 Å². The number of nitrogens with one attached hydrogen (secondary N) is 2. The molecule has 0 aromatic heterocycles. The molecule has 0 atom stereocenters. The highest BCUT2D eigenvalue weighted by molar-refractivity contribution is 6.00. The molecule has 0 saturated heterocycles. The monoisotopic (exact) mass is 297 g/mol. The van der Waals surface area contributed by atoms with Crippen molar-refractivity contribution in [2.75, 3.05) is 18.4 Å². The minimum absolute atomic E-state index is 0.129. The summed E-state index contributed by atoms with van der Waals surface area (Å²) in [4.78, 5) is 16.3. The number of hydrogen-bond acceptors (Lipinski definition) is 3. The lowest BCUT2D eigenvalue weighted by Gasteiger charge is -2.07. The summed E-state index contributed by atoms with van der Waals surface area (Å²) >= 11 is 0. The quantitative estimate of drug-likeness (QED) is 0.910. The van der Waals surface area contributed by atoms with Crippen molar-refractivity contribution in [3.63, 3.8) is 0 Å². The molecule has 0 saturated carbocycles. The van der Waals surface area contributed by atoms with Crippen molar-refractivity contribution in [1.29, 1.82) is 0 Å². The van der Waals surface area contributed by atoms with Gasteiger partial charge in [-0.15, -0.1) is 0 Å². The first-order valence-corrected chi connectivity index (χ1v) is 7.14. The van der Waals surface area contributed by atoms with Gasteiger partial charge in [0.15, 0.2) is 0 Å². The van der Waals surface area contributed by atoms with Crippen molar-refractivity contribution >= 4 is 17.4 Å². The second-order valence-electron chi connectivity index (χ2n) is 5.09.